The van der Waals surface area contributed by atoms with Crippen LogP contribution < -0.4 is 5.73 Å². The molecule has 0 radical (unpaired) electrons. The first-order chi connectivity index (χ1) is 7.58. The van der Waals surface area contributed by atoms with Crippen molar-refractivity contribution in [3.8, 4) is 5.75 Å². The fraction of sp³-hybridized carbons (Fsp3) is 0.417. The molecule has 0 aromatic heterocycles. The first-order valence-corrected chi connectivity index (χ1v) is 5.42. The van der Waals surface area contributed by atoms with E-state index < -0.39 is 0 Å². The van der Waals surface area contributed by atoms with Crippen molar-refractivity contribution in [2.24, 2.45) is 5.73 Å². The van der Waals surface area contributed by atoms with E-state index in [4.69, 9.17) is 5.73 Å². The third-order valence-electron chi connectivity index (χ3n) is 2.97. The summed E-state index contributed by atoms with van der Waals surface area (Å²) in [5.74, 6) is 0.109. The molecule has 86 valence electrons. The van der Waals surface area contributed by atoms with Crippen LogP contribution in [0.5, 0.6) is 5.75 Å². The lowest BCUT2D eigenvalue weighted by atomic mass is 10.1. The maximum absolute atomic E-state index is 12.0. The molecule has 2 rings (SSSR count). The molecule has 1 aromatic rings. The molecular weight excluding hydrogens is 204 g/mol. The van der Waals surface area contributed by atoms with Gasteiger partial charge in [-0.2, -0.15) is 0 Å². The summed E-state index contributed by atoms with van der Waals surface area (Å²) >= 11 is 0. The van der Waals surface area contributed by atoms with Crippen molar-refractivity contribution in [1.29, 1.82) is 0 Å². The average Bonchev–Trinajstić information content (AvgIpc) is 2.68. The number of aromatic hydroxyl groups is 1. The summed E-state index contributed by atoms with van der Waals surface area (Å²) in [6, 6.07) is 5.09. The number of rotatable bonds is 1. The largest absolute Gasteiger partial charge is 0.508 e. The fourth-order valence-corrected chi connectivity index (χ4v) is 1.90. The van der Waals surface area contributed by atoms with Crippen molar-refractivity contribution < 1.29 is 9.90 Å². The van der Waals surface area contributed by atoms with Crippen molar-refractivity contribution in [3.05, 3.63) is 29.3 Å². The normalized spacial score (nSPS) is 20.1. The van der Waals surface area contributed by atoms with Crippen LogP contribution >= 0.6 is 0 Å². The van der Waals surface area contributed by atoms with Gasteiger partial charge in [-0.3, -0.25) is 4.79 Å². The molecule has 16 heavy (non-hydrogen) atoms. The summed E-state index contributed by atoms with van der Waals surface area (Å²) in [6.45, 7) is 3.11. The summed E-state index contributed by atoms with van der Waals surface area (Å²) in [7, 11) is 0. The minimum atomic E-state index is -0.0525. The van der Waals surface area contributed by atoms with Gasteiger partial charge in [0.05, 0.1) is 0 Å². The van der Waals surface area contributed by atoms with Crippen molar-refractivity contribution >= 4 is 5.91 Å². The van der Waals surface area contributed by atoms with Gasteiger partial charge >= 0.3 is 0 Å². The van der Waals surface area contributed by atoms with Crippen LogP contribution in [0.1, 0.15) is 22.3 Å². The molecule has 1 aromatic carbocycles. The Kier molecular flexibility index (Phi) is 2.83. The zero-order valence-electron chi connectivity index (χ0n) is 9.31. The molecule has 0 bridgehead atoms. The van der Waals surface area contributed by atoms with E-state index in [1.165, 1.54) is 6.07 Å². The Balaban J connectivity index is 2.18. The predicted molar refractivity (Wildman–Crippen MR) is 61.3 cm³/mol. The van der Waals surface area contributed by atoms with E-state index in [9.17, 15) is 9.90 Å². The molecule has 1 fully saturated rings. The zero-order chi connectivity index (χ0) is 11.7. The number of likely N-dealkylation sites (tertiary alicyclic amines) is 1. The second-order valence-corrected chi connectivity index (χ2v) is 4.30. The smallest absolute Gasteiger partial charge is 0.254 e. The highest BCUT2D eigenvalue weighted by Crippen LogP contribution is 2.20. The van der Waals surface area contributed by atoms with E-state index in [1.54, 1.807) is 24.0 Å². The minimum absolute atomic E-state index is 0.0525. The van der Waals surface area contributed by atoms with Crippen LogP contribution in [0.3, 0.4) is 0 Å². The lowest BCUT2D eigenvalue weighted by Crippen LogP contribution is -2.31. The molecule has 1 atom stereocenters. The number of hydrogen-bond donors (Lipinski definition) is 2. The molecule has 4 heteroatoms. The first-order valence-electron chi connectivity index (χ1n) is 5.42. The van der Waals surface area contributed by atoms with Gasteiger partial charge in [-0.1, -0.05) is 6.07 Å². The highest BCUT2D eigenvalue weighted by Gasteiger charge is 2.24. The monoisotopic (exact) mass is 220 g/mol. The molecule has 1 aliphatic heterocycles. The topological polar surface area (TPSA) is 66.6 Å². The highest BCUT2D eigenvalue weighted by molar-refractivity contribution is 5.95. The van der Waals surface area contributed by atoms with Gasteiger partial charge < -0.3 is 15.7 Å². The molecular formula is C12H16N2O2. The summed E-state index contributed by atoms with van der Waals surface area (Å²) < 4.78 is 0. The van der Waals surface area contributed by atoms with E-state index in [0.717, 1.165) is 12.0 Å². The van der Waals surface area contributed by atoms with Crippen LogP contribution in [0.25, 0.3) is 0 Å². The number of aryl methyl sites for hydroxylation is 1. The lowest BCUT2D eigenvalue weighted by molar-refractivity contribution is 0.0790. The zero-order valence-corrected chi connectivity index (χ0v) is 9.31. The number of phenols is 1. The Bertz CT molecular complexity index is 417. The van der Waals surface area contributed by atoms with E-state index in [1.807, 2.05) is 0 Å². The molecule has 0 spiro atoms. The second kappa shape index (κ2) is 4.14. The van der Waals surface area contributed by atoms with Crippen LogP contribution in [0.4, 0.5) is 0 Å². The van der Waals surface area contributed by atoms with Gasteiger partial charge in [0.2, 0.25) is 0 Å². The Morgan fingerprint density at radius 2 is 2.31 bits per heavy atom. The maximum atomic E-state index is 12.0. The van der Waals surface area contributed by atoms with Crippen LogP contribution in [0, 0.1) is 6.92 Å². The van der Waals surface area contributed by atoms with Gasteiger partial charge in [-0.05, 0) is 31.0 Å². The number of phenolic OH excluding ortho intramolecular Hbond substituents is 1. The summed E-state index contributed by atoms with van der Waals surface area (Å²) in [6.07, 6.45) is 0.851. The molecule has 1 heterocycles. The Hall–Kier alpha value is -1.55. The van der Waals surface area contributed by atoms with Crippen molar-refractivity contribution in [1.82, 2.24) is 4.90 Å². The quantitative estimate of drug-likeness (QED) is 0.738. The summed E-state index contributed by atoms with van der Waals surface area (Å²) in [4.78, 5) is 13.7. The molecule has 0 aliphatic carbocycles. The fourth-order valence-electron chi connectivity index (χ4n) is 1.90. The molecule has 1 aliphatic rings. The number of nitrogens with zero attached hydrogens (tertiary/aromatic N) is 1. The summed E-state index contributed by atoms with van der Waals surface area (Å²) in [5, 5.41) is 9.55. The molecule has 1 amide bonds. The maximum Gasteiger partial charge on any atom is 0.254 e. The van der Waals surface area contributed by atoms with Gasteiger partial charge in [0, 0.05) is 24.7 Å². The van der Waals surface area contributed by atoms with Crippen molar-refractivity contribution in [2.45, 2.75) is 19.4 Å². The van der Waals surface area contributed by atoms with Gasteiger partial charge in [-0.25, -0.2) is 0 Å². The van der Waals surface area contributed by atoms with Gasteiger partial charge in [0.1, 0.15) is 5.75 Å². The van der Waals surface area contributed by atoms with E-state index in [2.05, 4.69) is 0 Å². The van der Waals surface area contributed by atoms with Gasteiger partial charge in [0.15, 0.2) is 0 Å². The minimum Gasteiger partial charge on any atom is -0.508 e. The molecule has 1 saturated heterocycles. The number of nitrogens with two attached hydrogens (primary N) is 1. The Morgan fingerprint density at radius 1 is 1.56 bits per heavy atom. The second-order valence-electron chi connectivity index (χ2n) is 4.30. The van der Waals surface area contributed by atoms with E-state index in [-0.39, 0.29) is 17.7 Å². The predicted octanol–water partition coefficient (Wildman–Crippen LogP) is 0.874. The third-order valence-corrected chi connectivity index (χ3v) is 2.97. The standard InChI is InChI=1S/C12H16N2O2/c1-8-2-3-9(6-11(8)15)12(16)14-5-4-10(13)7-14/h2-3,6,10,15H,4-5,7,13H2,1H3/t10-/m0/s1. The number of carbonyl (C=O) groups is 1. The number of amides is 1. The van der Waals surface area contributed by atoms with Gasteiger partial charge in [-0.15, -0.1) is 0 Å². The molecule has 3 N–H and O–H groups in total. The Labute approximate surface area is 94.7 Å². The Morgan fingerprint density at radius 3 is 2.88 bits per heavy atom. The van der Waals surface area contributed by atoms with Crippen LogP contribution in [-0.2, 0) is 0 Å². The SMILES string of the molecule is Cc1ccc(C(=O)N2CC[C@H](N)C2)cc1O. The first kappa shape index (κ1) is 11.0. The number of benzene rings is 1. The number of hydrogen-bond acceptors (Lipinski definition) is 3. The molecule has 0 unspecified atom stereocenters. The lowest BCUT2D eigenvalue weighted by Gasteiger charge is -2.16. The van der Waals surface area contributed by atoms with Crippen molar-refractivity contribution in [3.63, 3.8) is 0 Å². The van der Waals surface area contributed by atoms with Crippen LogP contribution in [0.15, 0.2) is 18.2 Å². The van der Waals surface area contributed by atoms with E-state index in [0.29, 0.717) is 18.7 Å². The van der Waals surface area contributed by atoms with E-state index >= 15 is 0 Å². The van der Waals surface area contributed by atoms with Gasteiger partial charge in [0.25, 0.3) is 5.91 Å². The van der Waals surface area contributed by atoms with Crippen LogP contribution in [0.2, 0.25) is 0 Å². The van der Waals surface area contributed by atoms with Crippen molar-refractivity contribution in [2.75, 3.05) is 13.1 Å². The summed E-state index contributed by atoms with van der Waals surface area (Å²) in [5.41, 5.74) is 7.05. The highest BCUT2D eigenvalue weighted by atomic mass is 16.3. The molecule has 0 saturated carbocycles. The molecule has 4 nitrogen and oxygen atoms in total. The average molecular weight is 220 g/mol. The number of carbonyl (C=O) groups excluding carboxylic acids is 1. The van der Waals surface area contributed by atoms with Crippen LogP contribution in [-0.4, -0.2) is 35.0 Å². The third kappa shape index (κ3) is 2.02.